The zero-order valence-corrected chi connectivity index (χ0v) is 16.9. The van der Waals surface area contributed by atoms with Gasteiger partial charge in [0.05, 0.1) is 13.2 Å². The van der Waals surface area contributed by atoms with E-state index in [0.29, 0.717) is 42.2 Å². The molecule has 0 bridgehead atoms. The van der Waals surface area contributed by atoms with Crippen LogP contribution in [0.15, 0.2) is 42.5 Å². The topological polar surface area (TPSA) is 100 Å². The van der Waals surface area contributed by atoms with Gasteiger partial charge in [0.1, 0.15) is 13.2 Å². The van der Waals surface area contributed by atoms with E-state index in [-0.39, 0.29) is 5.91 Å². The Labute approximate surface area is 178 Å². The highest BCUT2D eigenvalue weighted by Gasteiger charge is 2.28. The van der Waals surface area contributed by atoms with Gasteiger partial charge >= 0.3 is 0 Å². The van der Waals surface area contributed by atoms with Gasteiger partial charge < -0.3 is 19.5 Å². The number of hydrogen-bond donors (Lipinski definition) is 1. The number of carbonyl (C=O) groups excluding carboxylic acids is 1. The Morgan fingerprint density at radius 2 is 2.00 bits per heavy atom. The minimum Gasteiger partial charge on any atom is -0.493 e. The van der Waals surface area contributed by atoms with Crippen LogP contribution in [-0.4, -0.2) is 46.4 Å². The molecule has 1 aliphatic carbocycles. The number of benzene rings is 2. The fourth-order valence-corrected chi connectivity index (χ4v) is 3.40. The molecule has 0 spiro atoms. The predicted molar refractivity (Wildman–Crippen MR) is 113 cm³/mol. The van der Waals surface area contributed by atoms with Crippen LogP contribution >= 0.6 is 0 Å². The first-order valence-corrected chi connectivity index (χ1v) is 10.1. The van der Waals surface area contributed by atoms with Crippen LogP contribution in [-0.2, 0) is 4.79 Å². The molecule has 2 aliphatic rings. The molecule has 1 saturated carbocycles. The summed E-state index contributed by atoms with van der Waals surface area (Å²) in [5.41, 5.74) is 2.37. The molecule has 1 aliphatic heterocycles. The Bertz CT molecular complexity index is 1120. The van der Waals surface area contributed by atoms with E-state index >= 15 is 0 Å². The lowest BCUT2D eigenvalue weighted by atomic mass is 10.1. The molecule has 158 valence electrons. The number of anilines is 1. The largest absolute Gasteiger partial charge is 0.493 e. The predicted octanol–water partition coefficient (Wildman–Crippen LogP) is 3.11. The molecule has 31 heavy (non-hydrogen) atoms. The second-order valence-corrected chi connectivity index (χ2v) is 7.33. The van der Waals surface area contributed by atoms with Crippen LogP contribution in [0.2, 0.25) is 0 Å². The van der Waals surface area contributed by atoms with E-state index < -0.39 is 0 Å². The van der Waals surface area contributed by atoms with Crippen LogP contribution in [0.4, 0.5) is 5.69 Å². The summed E-state index contributed by atoms with van der Waals surface area (Å²) in [6.07, 6.45) is 5.38. The summed E-state index contributed by atoms with van der Waals surface area (Å²) in [7, 11) is 1.57. The number of hydrogen-bond acceptors (Lipinski definition) is 7. The summed E-state index contributed by atoms with van der Waals surface area (Å²) >= 11 is 0. The number of ether oxygens (including phenoxy) is 3. The number of tetrazole rings is 1. The summed E-state index contributed by atoms with van der Waals surface area (Å²) in [6.45, 7) is 0.960. The molecule has 2 aromatic carbocycles. The maximum atomic E-state index is 12.4. The Morgan fingerprint density at radius 1 is 1.19 bits per heavy atom. The minimum atomic E-state index is -0.246. The second-order valence-electron chi connectivity index (χ2n) is 7.33. The van der Waals surface area contributed by atoms with Crippen molar-refractivity contribution < 1.29 is 19.0 Å². The molecule has 1 fully saturated rings. The van der Waals surface area contributed by atoms with Gasteiger partial charge in [-0.25, -0.2) is 4.68 Å². The molecule has 0 radical (unpaired) electrons. The van der Waals surface area contributed by atoms with E-state index in [1.165, 1.54) is 6.08 Å². The Balaban J connectivity index is 1.26. The standard InChI is InChI=1S/C22H21N5O4/c1-29-18-12-14(13-19-21(18)31-11-10-30-19)2-9-20(28)23-16-5-3-15(4-6-16)22-24-25-26-27(22)17-7-8-17/h2-6,9,12-13,17H,7-8,10-11H2,1H3,(H,23,28)/b9-2+. The summed E-state index contributed by atoms with van der Waals surface area (Å²) < 4.78 is 18.4. The monoisotopic (exact) mass is 419 g/mol. The molecule has 1 N–H and O–H groups in total. The Morgan fingerprint density at radius 3 is 2.77 bits per heavy atom. The third kappa shape index (κ3) is 4.07. The quantitative estimate of drug-likeness (QED) is 0.613. The van der Waals surface area contributed by atoms with Gasteiger partial charge in [0.2, 0.25) is 11.7 Å². The molecule has 0 saturated heterocycles. The van der Waals surface area contributed by atoms with Crippen molar-refractivity contribution in [1.29, 1.82) is 0 Å². The summed E-state index contributed by atoms with van der Waals surface area (Å²) in [4.78, 5) is 12.4. The van der Waals surface area contributed by atoms with Gasteiger partial charge in [-0.15, -0.1) is 5.10 Å². The number of rotatable bonds is 6. The zero-order chi connectivity index (χ0) is 21.2. The Kier molecular flexibility index (Phi) is 4.99. The molecule has 9 heteroatoms. The van der Waals surface area contributed by atoms with Gasteiger partial charge in [0.15, 0.2) is 17.3 Å². The number of nitrogens with zero attached hydrogens (tertiary/aromatic N) is 4. The van der Waals surface area contributed by atoms with Crippen LogP contribution in [0.1, 0.15) is 24.4 Å². The molecule has 3 aromatic rings. The fourth-order valence-electron chi connectivity index (χ4n) is 3.40. The lowest BCUT2D eigenvalue weighted by Crippen LogP contribution is -2.16. The maximum Gasteiger partial charge on any atom is 0.248 e. The lowest BCUT2D eigenvalue weighted by Gasteiger charge is -2.20. The third-order valence-electron chi connectivity index (χ3n) is 5.07. The van der Waals surface area contributed by atoms with Crippen molar-refractivity contribution in [3.63, 3.8) is 0 Å². The van der Waals surface area contributed by atoms with E-state index in [1.54, 1.807) is 19.3 Å². The smallest absolute Gasteiger partial charge is 0.248 e. The molecule has 0 atom stereocenters. The highest BCUT2D eigenvalue weighted by molar-refractivity contribution is 6.02. The molecule has 5 rings (SSSR count). The van der Waals surface area contributed by atoms with Gasteiger partial charge in [-0.1, -0.05) is 0 Å². The average Bonchev–Trinajstić information content (AvgIpc) is 3.54. The number of aromatic nitrogens is 4. The molecular weight excluding hydrogens is 398 g/mol. The number of methoxy groups -OCH3 is 1. The van der Waals surface area contributed by atoms with Crippen molar-refractivity contribution in [2.45, 2.75) is 18.9 Å². The highest BCUT2D eigenvalue weighted by atomic mass is 16.6. The summed E-state index contributed by atoms with van der Waals surface area (Å²) in [5, 5.41) is 14.8. The third-order valence-corrected chi connectivity index (χ3v) is 5.07. The van der Waals surface area contributed by atoms with Gasteiger partial charge in [0.25, 0.3) is 0 Å². The van der Waals surface area contributed by atoms with E-state index in [1.807, 2.05) is 35.0 Å². The SMILES string of the molecule is COc1cc(/C=C/C(=O)Nc2ccc(-c3nnnn3C3CC3)cc2)cc2c1OCCO2. The number of amides is 1. The van der Waals surface area contributed by atoms with Crippen molar-refractivity contribution in [2.24, 2.45) is 0 Å². The van der Waals surface area contributed by atoms with Crippen LogP contribution in [0.25, 0.3) is 17.5 Å². The summed E-state index contributed by atoms with van der Waals surface area (Å²) in [6, 6.07) is 11.5. The Hall–Kier alpha value is -3.88. The van der Waals surface area contributed by atoms with Crippen LogP contribution < -0.4 is 19.5 Å². The van der Waals surface area contributed by atoms with Crippen LogP contribution in [0.5, 0.6) is 17.2 Å². The molecule has 9 nitrogen and oxygen atoms in total. The second kappa shape index (κ2) is 8.10. The molecule has 1 amide bonds. The van der Waals surface area contributed by atoms with Gasteiger partial charge in [-0.3, -0.25) is 4.79 Å². The molecule has 0 unspecified atom stereocenters. The number of carbonyl (C=O) groups is 1. The fraction of sp³-hybridized carbons (Fsp3) is 0.273. The van der Waals surface area contributed by atoms with E-state index in [2.05, 4.69) is 20.8 Å². The van der Waals surface area contributed by atoms with Gasteiger partial charge in [0, 0.05) is 17.3 Å². The summed E-state index contributed by atoms with van der Waals surface area (Å²) in [5.74, 6) is 2.26. The zero-order valence-electron chi connectivity index (χ0n) is 16.9. The molecular formula is C22H21N5O4. The lowest BCUT2D eigenvalue weighted by molar-refractivity contribution is -0.111. The van der Waals surface area contributed by atoms with Gasteiger partial charge in [-0.2, -0.15) is 0 Å². The van der Waals surface area contributed by atoms with Crippen molar-refractivity contribution in [3.05, 3.63) is 48.0 Å². The number of nitrogens with one attached hydrogen (secondary N) is 1. The minimum absolute atomic E-state index is 0.246. The van der Waals surface area contributed by atoms with Crippen molar-refractivity contribution in [3.8, 4) is 28.6 Å². The average molecular weight is 419 g/mol. The highest BCUT2D eigenvalue weighted by Crippen LogP contribution is 2.40. The first kappa shape index (κ1) is 19.1. The normalized spacial score (nSPS) is 15.1. The van der Waals surface area contributed by atoms with E-state index in [4.69, 9.17) is 14.2 Å². The first-order chi connectivity index (χ1) is 15.2. The van der Waals surface area contributed by atoms with Crippen molar-refractivity contribution >= 4 is 17.7 Å². The van der Waals surface area contributed by atoms with E-state index in [9.17, 15) is 4.79 Å². The first-order valence-electron chi connectivity index (χ1n) is 10.1. The maximum absolute atomic E-state index is 12.4. The van der Waals surface area contributed by atoms with Gasteiger partial charge in [-0.05, 0) is 71.3 Å². The molecule has 2 heterocycles. The van der Waals surface area contributed by atoms with Crippen molar-refractivity contribution in [1.82, 2.24) is 20.2 Å². The van der Waals surface area contributed by atoms with Crippen molar-refractivity contribution in [2.75, 3.05) is 25.6 Å². The van der Waals surface area contributed by atoms with E-state index in [0.717, 1.165) is 29.8 Å². The van der Waals surface area contributed by atoms with Crippen LogP contribution in [0, 0.1) is 0 Å². The molecule has 1 aromatic heterocycles. The van der Waals surface area contributed by atoms with Crippen LogP contribution in [0.3, 0.4) is 0 Å². The number of fused-ring (bicyclic) bond motifs is 1.